The minimum atomic E-state index is -1.02. The molecule has 1 saturated heterocycles. The largest absolute Gasteiger partial charge is 0.385 e. The van der Waals surface area contributed by atoms with E-state index in [4.69, 9.17) is 5.73 Å². The number of carbonyl (C=O) groups is 1. The van der Waals surface area contributed by atoms with Gasteiger partial charge >= 0.3 is 0 Å². The maximum Gasteiger partial charge on any atom is 0.248 e. The third-order valence-electron chi connectivity index (χ3n) is 5.90. The number of hydrogen-bond acceptors (Lipinski definition) is 5. The molecule has 7 heteroatoms. The summed E-state index contributed by atoms with van der Waals surface area (Å²) < 4.78 is 13.3. The molecule has 3 N–H and O–H groups in total. The summed E-state index contributed by atoms with van der Waals surface area (Å²) in [6, 6.07) is 8.58. The lowest BCUT2D eigenvalue weighted by atomic mass is 9.75. The van der Waals surface area contributed by atoms with E-state index in [0.29, 0.717) is 12.0 Å². The number of benzene rings is 1. The number of amides is 1. The van der Waals surface area contributed by atoms with E-state index in [2.05, 4.69) is 14.8 Å². The van der Waals surface area contributed by atoms with E-state index in [1.54, 1.807) is 24.4 Å². The molecule has 1 fully saturated rings. The zero-order valence-corrected chi connectivity index (χ0v) is 17.7. The van der Waals surface area contributed by atoms with Gasteiger partial charge in [-0.15, -0.1) is 0 Å². The maximum absolute atomic E-state index is 13.3. The smallest absolute Gasteiger partial charge is 0.248 e. The molecule has 0 spiro atoms. The normalized spacial score (nSPS) is 22.4. The van der Waals surface area contributed by atoms with Crippen LogP contribution in [0.15, 0.2) is 42.7 Å². The molecule has 1 aliphatic heterocycles. The van der Waals surface area contributed by atoms with Crippen LogP contribution >= 0.6 is 0 Å². The molecule has 0 saturated carbocycles. The Morgan fingerprint density at radius 2 is 2.17 bits per heavy atom. The number of pyridine rings is 1. The van der Waals surface area contributed by atoms with Crippen LogP contribution in [0.3, 0.4) is 0 Å². The van der Waals surface area contributed by atoms with Gasteiger partial charge in [0.1, 0.15) is 5.82 Å². The van der Waals surface area contributed by atoms with Crippen LogP contribution in [0.25, 0.3) is 0 Å². The second-order valence-electron chi connectivity index (χ2n) is 8.49. The van der Waals surface area contributed by atoms with E-state index < -0.39 is 11.5 Å². The lowest BCUT2D eigenvalue weighted by molar-refractivity contribution is -0.0846. The first-order valence-electron chi connectivity index (χ1n) is 10.4. The highest BCUT2D eigenvalue weighted by Gasteiger charge is 2.43. The number of aromatic nitrogens is 1. The number of nitrogens with zero attached hydrogens (tertiary/aromatic N) is 3. The summed E-state index contributed by atoms with van der Waals surface area (Å²) in [6.07, 6.45) is 5.17. The molecule has 2 heterocycles. The first kappa shape index (κ1) is 22.3. The van der Waals surface area contributed by atoms with Crippen LogP contribution in [-0.2, 0) is 12.0 Å². The second kappa shape index (κ2) is 9.64. The van der Waals surface area contributed by atoms with Crippen molar-refractivity contribution in [3.8, 4) is 0 Å². The SMILES string of the molecule is CN(C)CC1CN(CCCc2cncc(F)c2)CCC1(O)c1cccc(C(N)=O)c1. The zero-order chi connectivity index (χ0) is 21.7. The van der Waals surface area contributed by atoms with Gasteiger partial charge in [0.15, 0.2) is 0 Å². The number of aryl methyl sites for hydroxylation is 1. The van der Waals surface area contributed by atoms with Crippen LogP contribution in [0, 0.1) is 11.7 Å². The molecule has 30 heavy (non-hydrogen) atoms. The number of aliphatic hydroxyl groups is 1. The average molecular weight is 415 g/mol. The first-order valence-corrected chi connectivity index (χ1v) is 10.4. The van der Waals surface area contributed by atoms with Gasteiger partial charge in [0.25, 0.3) is 0 Å². The fourth-order valence-corrected chi connectivity index (χ4v) is 4.36. The lowest BCUT2D eigenvalue weighted by Gasteiger charge is -2.46. The van der Waals surface area contributed by atoms with Gasteiger partial charge in [0.2, 0.25) is 5.91 Å². The quantitative estimate of drug-likeness (QED) is 0.691. The molecule has 6 nitrogen and oxygen atoms in total. The van der Waals surface area contributed by atoms with E-state index in [0.717, 1.165) is 50.1 Å². The molecule has 162 valence electrons. The van der Waals surface area contributed by atoms with Crippen molar-refractivity contribution in [1.29, 1.82) is 0 Å². The summed E-state index contributed by atoms with van der Waals surface area (Å²) >= 11 is 0. The molecule has 0 aliphatic carbocycles. The number of rotatable bonds is 8. The van der Waals surface area contributed by atoms with Crippen molar-refractivity contribution in [2.24, 2.45) is 11.7 Å². The second-order valence-corrected chi connectivity index (χ2v) is 8.49. The molecular formula is C23H31FN4O2. The van der Waals surface area contributed by atoms with Crippen LogP contribution in [0.1, 0.15) is 34.3 Å². The molecule has 2 aromatic rings. The number of halogens is 1. The zero-order valence-electron chi connectivity index (χ0n) is 17.7. The first-order chi connectivity index (χ1) is 14.3. The third-order valence-corrected chi connectivity index (χ3v) is 5.90. The van der Waals surface area contributed by atoms with Crippen LogP contribution < -0.4 is 5.73 Å². The number of likely N-dealkylation sites (tertiary alicyclic amines) is 1. The van der Waals surface area contributed by atoms with Crippen LogP contribution in [0.5, 0.6) is 0 Å². The Labute approximate surface area is 177 Å². The molecule has 0 bridgehead atoms. The Morgan fingerprint density at radius 3 is 2.87 bits per heavy atom. The lowest BCUT2D eigenvalue weighted by Crippen LogP contribution is -2.53. The summed E-state index contributed by atoms with van der Waals surface area (Å²) in [6.45, 7) is 3.10. The van der Waals surface area contributed by atoms with E-state index in [1.807, 2.05) is 20.2 Å². The third kappa shape index (κ3) is 5.41. The number of piperidine rings is 1. The Hall–Kier alpha value is -2.35. The molecular weight excluding hydrogens is 383 g/mol. The topological polar surface area (TPSA) is 82.7 Å². The van der Waals surface area contributed by atoms with Gasteiger partial charge in [-0.1, -0.05) is 12.1 Å². The number of nitrogens with two attached hydrogens (primary N) is 1. The highest BCUT2D eigenvalue weighted by atomic mass is 19.1. The number of primary amides is 1. The van der Waals surface area contributed by atoms with Gasteiger partial charge in [-0.05, 0) is 69.2 Å². The van der Waals surface area contributed by atoms with Crippen molar-refractivity contribution in [3.05, 3.63) is 65.2 Å². The minimum absolute atomic E-state index is 0.0137. The molecule has 1 aromatic carbocycles. The molecule has 3 rings (SSSR count). The highest BCUT2D eigenvalue weighted by Crippen LogP contribution is 2.38. The van der Waals surface area contributed by atoms with Gasteiger partial charge in [0, 0.05) is 37.3 Å². The van der Waals surface area contributed by atoms with Crippen LogP contribution in [0.4, 0.5) is 4.39 Å². The van der Waals surface area contributed by atoms with E-state index in [9.17, 15) is 14.3 Å². The van der Waals surface area contributed by atoms with E-state index >= 15 is 0 Å². The average Bonchev–Trinajstić information content (AvgIpc) is 2.70. The molecule has 1 aliphatic rings. The molecule has 1 amide bonds. The summed E-state index contributed by atoms with van der Waals surface area (Å²) in [7, 11) is 3.99. The van der Waals surface area contributed by atoms with E-state index in [1.165, 1.54) is 12.3 Å². The van der Waals surface area contributed by atoms with Crippen molar-refractivity contribution >= 4 is 5.91 Å². The Bertz CT molecular complexity index is 876. The standard InChI is InChI=1S/C23H31FN4O2/c1-27(2)15-20-16-28(9-4-5-17-11-21(24)14-26-13-17)10-8-23(20,30)19-7-3-6-18(12-19)22(25)29/h3,6-7,11-14,20,30H,4-5,8-10,15-16H2,1-2H3,(H2,25,29). The highest BCUT2D eigenvalue weighted by molar-refractivity contribution is 5.92. The van der Waals surface area contributed by atoms with Crippen molar-refractivity contribution < 1.29 is 14.3 Å². The molecule has 2 atom stereocenters. The Kier molecular flexibility index (Phi) is 7.18. The summed E-state index contributed by atoms with van der Waals surface area (Å²) in [5, 5.41) is 11.7. The summed E-state index contributed by atoms with van der Waals surface area (Å²) in [5.41, 5.74) is 6.48. The molecule has 1 aromatic heterocycles. The number of carbonyl (C=O) groups excluding carboxylic acids is 1. The van der Waals surface area contributed by atoms with Crippen LogP contribution in [-0.4, -0.2) is 66.1 Å². The van der Waals surface area contributed by atoms with Gasteiger partial charge in [-0.2, -0.15) is 0 Å². The van der Waals surface area contributed by atoms with Crippen molar-refractivity contribution in [3.63, 3.8) is 0 Å². The monoisotopic (exact) mass is 414 g/mol. The Morgan fingerprint density at radius 1 is 1.37 bits per heavy atom. The molecule has 0 radical (unpaired) electrons. The van der Waals surface area contributed by atoms with Gasteiger partial charge in [0.05, 0.1) is 11.8 Å². The van der Waals surface area contributed by atoms with Gasteiger partial charge in [-0.25, -0.2) is 4.39 Å². The van der Waals surface area contributed by atoms with Crippen molar-refractivity contribution in [1.82, 2.24) is 14.8 Å². The predicted octanol–water partition coefficient (Wildman–Crippen LogP) is 2.02. The fourth-order valence-electron chi connectivity index (χ4n) is 4.36. The molecule has 2 unspecified atom stereocenters. The summed E-state index contributed by atoms with van der Waals surface area (Å²) in [4.78, 5) is 19.9. The van der Waals surface area contributed by atoms with Crippen molar-refractivity contribution in [2.75, 3.05) is 40.3 Å². The maximum atomic E-state index is 13.3. The van der Waals surface area contributed by atoms with Crippen molar-refractivity contribution in [2.45, 2.75) is 24.9 Å². The fraction of sp³-hybridized carbons (Fsp3) is 0.478. The Balaban J connectivity index is 1.69. The summed E-state index contributed by atoms with van der Waals surface area (Å²) in [5.74, 6) is -0.811. The van der Waals surface area contributed by atoms with Gasteiger partial charge in [-0.3, -0.25) is 9.78 Å². The van der Waals surface area contributed by atoms with E-state index in [-0.39, 0.29) is 11.7 Å². The number of hydrogen-bond donors (Lipinski definition) is 2. The van der Waals surface area contributed by atoms with Gasteiger partial charge < -0.3 is 20.6 Å². The van der Waals surface area contributed by atoms with Crippen LogP contribution in [0.2, 0.25) is 0 Å². The predicted molar refractivity (Wildman–Crippen MR) is 114 cm³/mol. The minimum Gasteiger partial charge on any atom is -0.385 e.